The van der Waals surface area contributed by atoms with Gasteiger partial charge in [-0.2, -0.15) is 14.4 Å². The molecule has 0 aliphatic heterocycles. The number of carbonyl (C=O) groups excluding carboxylic acids is 1. The maximum Gasteiger partial charge on any atom is 0.335 e. The van der Waals surface area contributed by atoms with Gasteiger partial charge in [0.05, 0.1) is 14.2 Å². The maximum absolute atomic E-state index is 13.9. The van der Waals surface area contributed by atoms with Gasteiger partial charge in [-0.15, -0.1) is 6.58 Å². The van der Waals surface area contributed by atoms with Gasteiger partial charge in [-0.1, -0.05) is 30.4 Å². The predicted octanol–water partition coefficient (Wildman–Crippen LogP) is 1.23. The Balaban J connectivity index is 2.35. The molecule has 0 aromatic carbocycles. The first-order chi connectivity index (χ1) is 14.1. The molecular weight excluding hydrogens is 423 g/mol. The van der Waals surface area contributed by atoms with E-state index in [0.29, 0.717) is 0 Å². The fraction of sp³-hybridized carbons (Fsp3) is 0.294. The van der Waals surface area contributed by atoms with Gasteiger partial charge < -0.3 is 14.6 Å². The van der Waals surface area contributed by atoms with E-state index < -0.39 is 56.2 Å². The van der Waals surface area contributed by atoms with E-state index in [0.717, 1.165) is 14.2 Å². The number of urea groups is 1. The Kier molecular flexibility index (Phi) is 6.77. The highest BCUT2D eigenvalue weighted by Crippen LogP contribution is 2.36. The average molecular weight is 442 g/mol. The summed E-state index contributed by atoms with van der Waals surface area (Å²) in [5, 5.41) is 11.5. The molecule has 0 saturated heterocycles. The minimum absolute atomic E-state index is 0.290. The monoisotopic (exact) mass is 442 g/mol. The zero-order valence-corrected chi connectivity index (χ0v) is 16.8. The number of anilines is 1. The molecule has 2 rings (SSSR count). The van der Waals surface area contributed by atoms with Gasteiger partial charge in [0.25, 0.3) is 11.8 Å². The molecule has 2 atom stereocenters. The molecule has 1 heterocycles. The summed E-state index contributed by atoms with van der Waals surface area (Å²) in [5.74, 6) is -5.51. The maximum atomic E-state index is 13.9. The van der Waals surface area contributed by atoms with E-state index in [2.05, 4.69) is 16.5 Å². The predicted molar refractivity (Wildman–Crippen MR) is 103 cm³/mol. The van der Waals surface area contributed by atoms with Gasteiger partial charge in [-0.05, 0) is 6.42 Å². The Labute approximate surface area is 171 Å². The second-order valence-electron chi connectivity index (χ2n) is 5.95. The van der Waals surface area contributed by atoms with Gasteiger partial charge in [0.2, 0.25) is 21.8 Å². The highest BCUT2D eigenvalue weighted by molar-refractivity contribution is 7.91. The zero-order valence-electron chi connectivity index (χ0n) is 16.0. The fourth-order valence-corrected chi connectivity index (χ4v) is 4.41. The minimum Gasteiger partial charge on any atom is -0.481 e. The number of hydrogen-bond acceptors (Lipinski definition) is 8. The van der Waals surface area contributed by atoms with Crippen LogP contribution >= 0.6 is 0 Å². The van der Waals surface area contributed by atoms with Crippen molar-refractivity contribution in [1.29, 1.82) is 0 Å². The number of sulfonamides is 1. The highest BCUT2D eigenvalue weighted by atomic mass is 32.2. The number of carboxylic acids is 1. The number of aromatic nitrogens is 2. The lowest BCUT2D eigenvalue weighted by atomic mass is 9.85. The third-order valence-electron chi connectivity index (χ3n) is 4.18. The van der Waals surface area contributed by atoms with Crippen molar-refractivity contribution in [1.82, 2.24) is 14.7 Å². The van der Waals surface area contributed by atoms with Crippen LogP contribution in [0.5, 0.6) is 11.8 Å². The Morgan fingerprint density at radius 1 is 1.30 bits per heavy atom. The number of nitrogens with one attached hydrogen (secondary N) is 2. The Morgan fingerprint density at radius 2 is 1.90 bits per heavy atom. The van der Waals surface area contributed by atoms with Crippen molar-refractivity contribution in [2.24, 2.45) is 5.92 Å². The van der Waals surface area contributed by atoms with Crippen LogP contribution < -0.4 is 19.5 Å². The van der Waals surface area contributed by atoms with Crippen LogP contribution in [-0.2, 0) is 14.8 Å². The highest BCUT2D eigenvalue weighted by Gasteiger charge is 2.51. The second kappa shape index (κ2) is 8.90. The lowest BCUT2D eigenvalue weighted by Crippen LogP contribution is -2.54. The molecule has 162 valence electrons. The summed E-state index contributed by atoms with van der Waals surface area (Å²) >= 11 is 0. The molecule has 0 spiro atoms. The first kappa shape index (κ1) is 22.8. The summed E-state index contributed by atoms with van der Waals surface area (Å²) < 4.78 is 49.0. The van der Waals surface area contributed by atoms with E-state index in [4.69, 9.17) is 9.47 Å². The van der Waals surface area contributed by atoms with Gasteiger partial charge >= 0.3 is 12.0 Å². The normalized spacial score (nSPS) is 20.3. The molecule has 0 saturated carbocycles. The van der Waals surface area contributed by atoms with Crippen molar-refractivity contribution in [2.45, 2.75) is 11.2 Å². The summed E-state index contributed by atoms with van der Waals surface area (Å²) in [6, 6.07) is -1.30. The summed E-state index contributed by atoms with van der Waals surface area (Å²) in [7, 11) is -2.37. The Hall–Kier alpha value is -3.48. The molecule has 2 unspecified atom stereocenters. The van der Waals surface area contributed by atoms with Gasteiger partial charge in [-0.3, -0.25) is 10.1 Å². The molecular formula is C17H19FN4O7S. The summed E-state index contributed by atoms with van der Waals surface area (Å²) in [5.41, 5.74) is 0. The number of rotatable bonds is 8. The topological polar surface area (TPSA) is 157 Å². The van der Waals surface area contributed by atoms with Gasteiger partial charge in [0.1, 0.15) is 10.7 Å². The smallest absolute Gasteiger partial charge is 0.335 e. The van der Waals surface area contributed by atoms with E-state index in [1.54, 1.807) is 4.72 Å². The van der Waals surface area contributed by atoms with Gasteiger partial charge in [-0.25, -0.2) is 17.9 Å². The van der Waals surface area contributed by atoms with E-state index in [1.165, 1.54) is 30.4 Å². The fourth-order valence-electron chi connectivity index (χ4n) is 2.82. The summed E-state index contributed by atoms with van der Waals surface area (Å²) in [6.07, 6.45) is 6.06. The molecule has 3 N–H and O–H groups in total. The van der Waals surface area contributed by atoms with E-state index in [-0.39, 0.29) is 6.42 Å². The summed E-state index contributed by atoms with van der Waals surface area (Å²) in [6.45, 7) is 3.47. The quantitative estimate of drug-likeness (QED) is 0.504. The SMILES string of the molecule is C=CCC1(S(=O)(=O)NC(=O)Nc2nc(OC)c(F)c(OC)n2)C=CC=CC1C(=O)O. The number of methoxy groups -OCH3 is 2. The first-order valence-corrected chi connectivity index (χ1v) is 9.78. The number of aliphatic carboxylic acids is 1. The standard InChI is InChI=1S/C17H19FN4O7S/c1-4-8-17(9-6-5-7-10(17)14(23)24)30(26,27)22-16(25)21-15-19-12(28-2)11(18)13(20-15)29-3/h4-7,9-10H,1,8H2,2-3H3,(H,23,24)(H2,19,20,21,22,25). The largest absolute Gasteiger partial charge is 0.481 e. The van der Waals surface area contributed by atoms with Crippen LogP contribution in [0.1, 0.15) is 6.42 Å². The molecule has 1 aromatic rings. The van der Waals surface area contributed by atoms with Gasteiger partial charge in [0.15, 0.2) is 0 Å². The first-order valence-electron chi connectivity index (χ1n) is 8.30. The number of carboxylic acid groups (broad SMARTS) is 1. The molecule has 0 bridgehead atoms. The number of allylic oxidation sites excluding steroid dienone is 3. The molecule has 0 fully saturated rings. The summed E-state index contributed by atoms with van der Waals surface area (Å²) in [4.78, 5) is 31.1. The van der Waals surface area contributed by atoms with Crippen LogP contribution in [0.25, 0.3) is 0 Å². The molecule has 11 nitrogen and oxygen atoms in total. The number of ether oxygens (including phenoxy) is 2. The van der Waals surface area contributed by atoms with Crippen molar-refractivity contribution in [3.8, 4) is 11.8 Å². The minimum atomic E-state index is -4.60. The second-order valence-corrected chi connectivity index (χ2v) is 7.92. The van der Waals surface area contributed by atoms with Crippen LogP contribution in [0.2, 0.25) is 0 Å². The van der Waals surface area contributed by atoms with Crippen LogP contribution in [0.4, 0.5) is 15.1 Å². The lowest BCUT2D eigenvalue weighted by molar-refractivity contribution is -0.140. The Morgan fingerprint density at radius 3 is 2.40 bits per heavy atom. The number of nitrogens with zero attached hydrogens (tertiary/aromatic N) is 2. The Bertz CT molecular complexity index is 1000. The molecule has 1 aromatic heterocycles. The van der Waals surface area contributed by atoms with Crippen molar-refractivity contribution >= 4 is 28.0 Å². The number of amides is 2. The van der Waals surface area contributed by atoms with Crippen molar-refractivity contribution < 1.29 is 37.0 Å². The van der Waals surface area contributed by atoms with Crippen LogP contribution in [0.15, 0.2) is 37.0 Å². The van der Waals surface area contributed by atoms with E-state index in [9.17, 15) is 27.5 Å². The average Bonchev–Trinajstić information content (AvgIpc) is 2.68. The van der Waals surface area contributed by atoms with Crippen LogP contribution in [-0.4, -0.2) is 54.5 Å². The third kappa shape index (κ3) is 4.25. The molecule has 2 amide bonds. The molecule has 0 radical (unpaired) electrons. The van der Waals surface area contributed by atoms with Crippen LogP contribution in [0, 0.1) is 11.7 Å². The molecule has 30 heavy (non-hydrogen) atoms. The van der Waals surface area contributed by atoms with Crippen molar-refractivity contribution in [3.05, 3.63) is 42.8 Å². The van der Waals surface area contributed by atoms with E-state index in [1.807, 2.05) is 5.32 Å². The van der Waals surface area contributed by atoms with Gasteiger partial charge in [0, 0.05) is 0 Å². The molecule has 1 aliphatic carbocycles. The number of hydrogen-bond donors (Lipinski definition) is 3. The van der Waals surface area contributed by atoms with Crippen LogP contribution in [0.3, 0.4) is 0 Å². The lowest BCUT2D eigenvalue weighted by Gasteiger charge is -2.34. The third-order valence-corrected chi connectivity index (χ3v) is 6.19. The number of carbonyl (C=O) groups is 2. The van der Waals surface area contributed by atoms with E-state index >= 15 is 0 Å². The van der Waals surface area contributed by atoms with Crippen molar-refractivity contribution in [2.75, 3.05) is 19.5 Å². The van der Waals surface area contributed by atoms with Crippen molar-refractivity contribution in [3.63, 3.8) is 0 Å². The molecule has 1 aliphatic rings. The zero-order chi connectivity index (χ0) is 22.5. The molecule has 13 heteroatoms. The number of halogens is 1.